The third-order valence-electron chi connectivity index (χ3n) is 1.80. The van der Waals surface area contributed by atoms with Crippen molar-refractivity contribution >= 4 is 5.91 Å². The van der Waals surface area contributed by atoms with Crippen LogP contribution in [0.25, 0.3) is 10.4 Å². The number of likely N-dealkylation sites (tertiary alicyclic amines) is 1. The molecule has 5 nitrogen and oxygen atoms in total. The van der Waals surface area contributed by atoms with Gasteiger partial charge in [0.05, 0.1) is 6.67 Å². The highest BCUT2D eigenvalue weighted by molar-refractivity contribution is 5.79. The van der Waals surface area contributed by atoms with Gasteiger partial charge in [-0.05, 0) is 5.53 Å². The number of carbonyl (C=O) groups is 1. The Morgan fingerprint density at radius 2 is 2.42 bits per heavy atom. The Morgan fingerprint density at radius 1 is 1.75 bits per heavy atom. The molecule has 0 aromatic rings. The van der Waals surface area contributed by atoms with Crippen molar-refractivity contribution < 1.29 is 9.18 Å². The molecule has 1 fully saturated rings. The molecule has 0 atom stereocenters. The molecule has 0 N–H and O–H groups in total. The molecule has 1 heterocycles. The molecule has 0 unspecified atom stereocenters. The monoisotopic (exact) mass is 172 g/mol. The van der Waals surface area contributed by atoms with E-state index in [1.54, 1.807) is 0 Å². The summed E-state index contributed by atoms with van der Waals surface area (Å²) in [6.45, 7) is 0.368. The van der Waals surface area contributed by atoms with Crippen LogP contribution >= 0.6 is 0 Å². The second-order valence-electron chi connectivity index (χ2n) is 2.71. The van der Waals surface area contributed by atoms with Gasteiger partial charge in [-0.2, -0.15) is 0 Å². The Morgan fingerprint density at radius 3 is 2.92 bits per heavy atom. The van der Waals surface area contributed by atoms with Gasteiger partial charge in [0.1, 0.15) is 6.54 Å². The zero-order valence-electron chi connectivity index (χ0n) is 6.48. The second-order valence-corrected chi connectivity index (χ2v) is 2.71. The molecule has 0 bridgehead atoms. The molecule has 12 heavy (non-hydrogen) atoms. The molecular weight excluding hydrogens is 163 g/mol. The third-order valence-corrected chi connectivity index (χ3v) is 1.80. The lowest BCUT2D eigenvalue weighted by molar-refractivity contribution is -0.136. The van der Waals surface area contributed by atoms with Crippen molar-refractivity contribution in [1.29, 1.82) is 0 Å². The molecule has 0 aromatic heterocycles. The van der Waals surface area contributed by atoms with Crippen molar-refractivity contribution in [2.75, 3.05) is 26.3 Å². The molecule has 0 spiro atoms. The summed E-state index contributed by atoms with van der Waals surface area (Å²) in [7, 11) is 0. The maximum absolute atomic E-state index is 11.9. The number of halogens is 1. The van der Waals surface area contributed by atoms with Crippen LogP contribution in [-0.2, 0) is 4.79 Å². The summed E-state index contributed by atoms with van der Waals surface area (Å²) in [6.07, 6.45) is 0. The summed E-state index contributed by atoms with van der Waals surface area (Å²) in [5.74, 6) is -0.238. The van der Waals surface area contributed by atoms with E-state index in [0.717, 1.165) is 0 Å². The Labute approximate surface area is 68.8 Å². The molecule has 0 saturated carbocycles. The number of hydrogen-bond acceptors (Lipinski definition) is 2. The maximum atomic E-state index is 11.9. The van der Waals surface area contributed by atoms with Crippen molar-refractivity contribution in [3.05, 3.63) is 10.4 Å². The van der Waals surface area contributed by atoms with E-state index in [4.69, 9.17) is 5.53 Å². The lowest BCUT2D eigenvalue weighted by atomic mass is 10.0. The zero-order chi connectivity index (χ0) is 8.97. The number of rotatable bonds is 3. The Hall–Kier alpha value is -1.29. The Balaban J connectivity index is 2.23. The summed E-state index contributed by atoms with van der Waals surface area (Å²) in [6, 6.07) is 0. The van der Waals surface area contributed by atoms with Crippen molar-refractivity contribution in [2.24, 2.45) is 11.0 Å². The molecule has 0 aliphatic carbocycles. The van der Waals surface area contributed by atoms with Crippen LogP contribution in [0.15, 0.2) is 5.11 Å². The molecule has 1 aliphatic heterocycles. The zero-order valence-corrected chi connectivity index (χ0v) is 6.48. The number of alkyl halides is 1. The van der Waals surface area contributed by atoms with Gasteiger partial charge in [-0.1, -0.05) is 5.11 Å². The van der Waals surface area contributed by atoms with Gasteiger partial charge >= 0.3 is 0 Å². The van der Waals surface area contributed by atoms with Crippen LogP contribution in [0.3, 0.4) is 0 Å². The number of carbonyl (C=O) groups excluding carboxylic acids is 1. The fourth-order valence-electron chi connectivity index (χ4n) is 1.06. The fourth-order valence-corrected chi connectivity index (χ4v) is 1.06. The Kier molecular flexibility index (Phi) is 2.88. The van der Waals surface area contributed by atoms with E-state index in [2.05, 4.69) is 10.0 Å². The number of nitrogens with zero attached hydrogens (tertiary/aromatic N) is 4. The summed E-state index contributed by atoms with van der Waals surface area (Å²) < 4.78 is 11.9. The van der Waals surface area contributed by atoms with Crippen molar-refractivity contribution in [1.82, 2.24) is 4.90 Å². The third kappa shape index (κ3) is 1.85. The van der Waals surface area contributed by atoms with Gasteiger partial charge in [0.25, 0.3) is 0 Å². The number of amides is 1. The number of azide groups is 1. The molecular formula is C6H9FN4O. The van der Waals surface area contributed by atoms with E-state index in [1.807, 2.05) is 0 Å². The first-order valence-electron chi connectivity index (χ1n) is 3.62. The van der Waals surface area contributed by atoms with Crippen molar-refractivity contribution in [2.45, 2.75) is 0 Å². The molecule has 6 heteroatoms. The normalized spacial score (nSPS) is 16.6. The maximum Gasteiger partial charge on any atom is 0.228 e. The second kappa shape index (κ2) is 3.92. The average molecular weight is 172 g/mol. The minimum absolute atomic E-state index is 0.0139. The van der Waals surface area contributed by atoms with Crippen LogP contribution in [0.5, 0.6) is 0 Å². The minimum Gasteiger partial charge on any atom is -0.342 e. The van der Waals surface area contributed by atoms with Gasteiger partial charge in [-0.15, -0.1) is 0 Å². The van der Waals surface area contributed by atoms with Crippen LogP contribution in [0.4, 0.5) is 4.39 Å². The smallest absolute Gasteiger partial charge is 0.228 e. The standard InChI is InChI=1S/C6H9FN4O/c7-1-5-3-11(4-5)6(12)2-9-10-8/h5H,1-4H2. The molecule has 1 saturated heterocycles. The minimum atomic E-state index is -0.384. The summed E-state index contributed by atoms with van der Waals surface area (Å²) in [5.41, 5.74) is 7.91. The summed E-state index contributed by atoms with van der Waals surface area (Å²) in [5, 5.41) is 3.12. The van der Waals surface area contributed by atoms with Gasteiger partial charge in [0.2, 0.25) is 5.91 Å². The van der Waals surface area contributed by atoms with E-state index in [0.29, 0.717) is 13.1 Å². The van der Waals surface area contributed by atoms with E-state index in [9.17, 15) is 9.18 Å². The van der Waals surface area contributed by atoms with Crippen LogP contribution in [-0.4, -0.2) is 37.1 Å². The highest BCUT2D eigenvalue weighted by atomic mass is 19.1. The lowest BCUT2D eigenvalue weighted by Crippen LogP contribution is -2.51. The van der Waals surface area contributed by atoms with Crippen LogP contribution < -0.4 is 0 Å². The fraction of sp³-hybridized carbons (Fsp3) is 0.833. The van der Waals surface area contributed by atoms with E-state index < -0.39 is 0 Å². The topological polar surface area (TPSA) is 69.1 Å². The van der Waals surface area contributed by atoms with Gasteiger partial charge < -0.3 is 4.90 Å². The molecule has 1 rings (SSSR count). The number of hydrogen-bond donors (Lipinski definition) is 0. The molecule has 1 aliphatic rings. The molecule has 66 valence electrons. The van der Waals surface area contributed by atoms with Crippen LogP contribution in [0, 0.1) is 5.92 Å². The van der Waals surface area contributed by atoms with Gasteiger partial charge in [0, 0.05) is 23.9 Å². The SMILES string of the molecule is [N-]=[N+]=NCC(=O)N1CC(CF)C1. The summed E-state index contributed by atoms with van der Waals surface area (Å²) >= 11 is 0. The first kappa shape index (κ1) is 8.80. The predicted octanol–water partition coefficient (Wildman–Crippen LogP) is 0.725. The lowest BCUT2D eigenvalue weighted by Gasteiger charge is -2.37. The highest BCUT2D eigenvalue weighted by Gasteiger charge is 2.29. The highest BCUT2D eigenvalue weighted by Crippen LogP contribution is 2.15. The van der Waals surface area contributed by atoms with Crippen molar-refractivity contribution in [3.8, 4) is 0 Å². The van der Waals surface area contributed by atoms with E-state index in [1.165, 1.54) is 4.90 Å². The van der Waals surface area contributed by atoms with Gasteiger partial charge in [0.15, 0.2) is 0 Å². The van der Waals surface area contributed by atoms with Gasteiger partial charge in [-0.3, -0.25) is 9.18 Å². The van der Waals surface area contributed by atoms with E-state index >= 15 is 0 Å². The van der Waals surface area contributed by atoms with Crippen LogP contribution in [0.1, 0.15) is 0 Å². The van der Waals surface area contributed by atoms with Gasteiger partial charge in [-0.25, -0.2) is 0 Å². The van der Waals surface area contributed by atoms with E-state index in [-0.39, 0.29) is 25.0 Å². The largest absolute Gasteiger partial charge is 0.342 e. The molecule has 0 radical (unpaired) electrons. The molecule has 1 amide bonds. The quantitative estimate of drug-likeness (QED) is 0.351. The summed E-state index contributed by atoms with van der Waals surface area (Å²) in [4.78, 5) is 14.9. The van der Waals surface area contributed by atoms with Crippen LogP contribution in [0.2, 0.25) is 0 Å². The average Bonchev–Trinajstić information content (AvgIpc) is 1.99. The Bertz CT molecular complexity index is 220. The van der Waals surface area contributed by atoms with Crippen molar-refractivity contribution in [3.63, 3.8) is 0 Å². The molecule has 0 aromatic carbocycles. The first-order chi connectivity index (χ1) is 5.77. The first-order valence-corrected chi connectivity index (χ1v) is 3.62. The predicted molar refractivity (Wildman–Crippen MR) is 40.1 cm³/mol.